The van der Waals surface area contributed by atoms with Gasteiger partial charge in [-0.1, -0.05) is 26.0 Å². The molecular formula is C14H18N2O3S. The summed E-state index contributed by atoms with van der Waals surface area (Å²) in [6, 6.07) is 6.52. The lowest BCUT2D eigenvalue weighted by molar-refractivity contribution is -0.140. The summed E-state index contributed by atoms with van der Waals surface area (Å²) >= 11 is 1.45. The SMILES string of the molecule is CC(C)c1cccc(NC(=O)N2CSCC2C(=O)O)c1. The van der Waals surface area contributed by atoms with E-state index in [0.717, 1.165) is 5.56 Å². The van der Waals surface area contributed by atoms with Crippen LogP contribution in [-0.2, 0) is 4.79 Å². The summed E-state index contributed by atoms with van der Waals surface area (Å²) in [7, 11) is 0. The van der Waals surface area contributed by atoms with Crippen LogP contribution in [0.3, 0.4) is 0 Å². The topological polar surface area (TPSA) is 69.6 Å². The fourth-order valence-corrected chi connectivity index (χ4v) is 3.16. The van der Waals surface area contributed by atoms with Crippen molar-refractivity contribution in [3.63, 3.8) is 0 Å². The van der Waals surface area contributed by atoms with Crippen LogP contribution < -0.4 is 5.32 Å². The Hall–Kier alpha value is -1.69. The van der Waals surface area contributed by atoms with E-state index < -0.39 is 12.0 Å². The number of nitrogens with zero attached hydrogens (tertiary/aromatic N) is 1. The molecule has 1 fully saturated rings. The number of carbonyl (C=O) groups excluding carboxylic acids is 1. The maximum Gasteiger partial charge on any atom is 0.327 e. The minimum atomic E-state index is -0.957. The first-order chi connectivity index (χ1) is 9.49. The maximum absolute atomic E-state index is 12.1. The molecule has 108 valence electrons. The van der Waals surface area contributed by atoms with Crippen molar-refractivity contribution in [3.8, 4) is 0 Å². The summed E-state index contributed by atoms with van der Waals surface area (Å²) in [5.74, 6) is 0.267. The fraction of sp³-hybridized carbons (Fsp3) is 0.429. The van der Waals surface area contributed by atoms with Crippen LogP contribution in [0.25, 0.3) is 0 Å². The zero-order valence-corrected chi connectivity index (χ0v) is 12.3. The fourth-order valence-electron chi connectivity index (χ4n) is 2.02. The van der Waals surface area contributed by atoms with Crippen molar-refractivity contribution in [2.45, 2.75) is 25.8 Å². The molecule has 1 saturated heterocycles. The lowest BCUT2D eigenvalue weighted by Crippen LogP contribution is -2.43. The van der Waals surface area contributed by atoms with Gasteiger partial charge in [0, 0.05) is 11.4 Å². The molecule has 0 aromatic heterocycles. The number of rotatable bonds is 3. The molecule has 0 saturated carbocycles. The molecule has 0 spiro atoms. The molecule has 5 nitrogen and oxygen atoms in total. The number of carbonyl (C=O) groups is 2. The Morgan fingerprint density at radius 1 is 1.45 bits per heavy atom. The van der Waals surface area contributed by atoms with E-state index in [0.29, 0.717) is 23.2 Å². The standard InChI is InChI=1S/C14H18N2O3S/c1-9(2)10-4-3-5-11(6-10)15-14(19)16-8-20-7-12(16)13(17)18/h3-6,9,12H,7-8H2,1-2H3,(H,15,19)(H,17,18). The predicted molar refractivity (Wildman–Crippen MR) is 80.1 cm³/mol. The Morgan fingerprint density at radius 3 is 2.85 bits per heavy atom. The number of carboxylic acid groups (broad SMARTS) is 1. The van der Waals surface area contributed by atoms with Crippen LogP contribution in [0.2, 0.25) is 0 Å². The van der Waals surface area contributed by atoms with Gasteiger partial charge in [-0.3, -0.25) is 0 Å². The zero-order valence-electron chi connectivity index (χ0n) is 11.5. The van der Waals surface area contributed by atoms with Crippen LogP contribution in [0.1, 0.15) is 25.3 Å². The highest BCUT2D eigenvalue weighted by Gasteiger charge is 2.34. The molecule has 2 N–H and O–H groups in total. The quantitative estimate of drug-likeness (QED) is 0.899. The van der Waals surface area contributed by atoms with Crippen LogP contribution >= 0.6 is 11.8 Å². The molecule has 20 heavy (non-hydrogen) atoms. The summed E-state index contributed by atoms with van der Waals surface area (Å²) in [6.45, 7) is 4.16. The molecule has 0 radical (unpaired) electrons. The molecule has 1 heterocycles. The number of benzene rings is 1. The molecule has 1 aliphatic heterocycles. The summed E-state index contributed by atoms with van der Waals surface area (Å²) in [4.78, 5) is 24.6. The van der Waals surface area contributed by atoms with Gasteiger partial charge in [0.2, 0.25) is 0 Å². The number of anilines is 1. The van der Waals surface area contributed by atoms with Crippen LogP contribution in [0.5, 0.6) is 0 Å². The van der Waals surface area contributed by atoms with E-state index in [1.807, 2.05) is 24.3 Å². The molecule has 6 heteroatoms. The summed E-state index contributed by atoms with van der Waals surface area (Å²) in [6.07, 6.45) is 0. The third-order valence-electron chi connectivity index (χ3n) is 3.23. The Bertz CT molecular complexity index is 519. The molecule has 2 amide bonds. The maximum atomic E-state index is 12.1. The number of urea groups is 1. The molecule has 1 aromatic rings. The lowest BCUT2D eigenvalue weighted by atomic mass is 10.0. The molecule has 0 aliphatic carbocycles. The molecule has 1 unspecified atom stereocenters. The molecule has 1 atom stereocenters. The van der Waals surface area contributed by atoms with Crippen LogP contribution in [-0.4, -0.2) is 39.7 Å². The average Bonchev–Trinajstić information content (AvgIpc) is 2.88. The number of aliphatic carboxylic acids is 1. The van der Waals surface area contributed by atoms with E-state index in [-0.39, 0.29) is 6.03 Å². The Balaban J connectivity index is 2.08. The highest BCUT2D eigenvalue weighted by molar-refractivity contribution is 7.99. The largest absolute Gasteiger partial charge is 0.480 e. The third kappa shape index (κ3) is 3.25. The highest BCUT2D eigenvalue weighted by Crippen LogP contribution is 2.23. The molecule has 1 aromatic carbocycles. The normalized spacial score (nSPS) is 18.4. The number of carboxylic acids is 1. The molecule has 1 aliphatic rings. The second kappa shape index (κ2) is 6.17. The van der Waals surface area contributed by atoms with Gasteiger partial charge in [0.15, 0.2) is 0 Å². The van der Waals surface area contributed by atoms with E-state index in [1.165, 1.54) is 16.7 Å². The Kier molecular flexibility index (Phi) is 4.54. The summed E-state index contributed by atoms with van der Waals surface area (Å²) in [5.41, 5.74) is 1.83. The average molecular weight is 294 g/mol. The monoisotopic (exact) mass is 294 g/mol. The number of nitrogens with one attached hydrogen (secondary N) is 1. The van der Waals surface area contributed by atoms with Crippen molar-refractivity contribution in [2.24, 2.45) is 0 Å². The third-order valence-corrected chi connectivity index (χ3v) is 4.24. The van der Waals surface area contributed by atoms with Gasteiger partial charge in [0.1, 0.15) is 6.04 Å². The van der Waals surface area contributed by atoms with Gasteiger partial charge in [-0.25, -0.2) is 9.59 Å². The van der Waals surface area contributed by atoms with Crippen LogP contribution in [0.4, 0.5) is 10.5 Å². The second-order valence-corrected chi connectivity index (χ2v) is 6.03. The van der Waals surface area contributed by atoms with Gasteiger partial charge >= 0.3 is 12.0 Å². The lowest BCUT2D eigenvalue weighted by Gasteiger charge is -2.21. The Labute approximate surface area is 122 Å². The van der Waals surface area contributed by atoms with Crippen molar-refractivity contribution >= 4 is 29.4 Å². The van der Waals surface area contributed by atoms with E-state index in [4.69, 9.17) is 5.11 Å². The van der Waals surface area contributed by atoms with E-state index >= 15 is 0 Å². The summed E-state index contributed by atoms with van der Waals surface area (Å²) in [5, 5.41) is 11.9. The predicted octanol–water partition coefficient (Wildman–Crippen LogP) is 2.80. The number of hydrogen-bond acceptors (Lipinski definition) is 3. The first-order valence-corrected chi connectivity index (χ1v) is 7.62. The zero-order chi connectivity index (χ0) is 14.7. The second-order valence-electron chi connectivity index (χ2n) is 5.03. The van der Waals surface area contributed by atoms with Gasteiger partial charge in [-0.2, -0.15) is 0 Å². The van der Waals surface area contributed by atoms with Crippen molar-refractivity contribution in [3.05, 3.63) is 29.8 Å². The number of amides is 2. The minimum absolute atomic E-state index is 0.358. The van der Waals surface area contributed by atoms with Crippen LogP contribution in [0, 0.1) is 0 Å². The van der Waals surface area contributed by atoms with Crippen molar-refractivity contribution in [1.82, 2.24) is 4.90 Å². The first kappa shape index (κ1) is 14.7. The van der Waals surface area contributed by atoms with E-state index in [2.05, 4.69) is 19.2 Å². The smallest absolute Gasteiger partial charge is 0.327 e. The van der Waals surface area contributed by atoms with Gasteiger partial charge in [-0.05, 0) is 23.6 Å². The molecule has 2 rings (SSSR count). The van der Waals surface area contributed by atoms with Gasteiger partial charge in [0.05, 0.1) is 5.88 Å². The van der Waals surface area contributed by atoms with Crippen molar-refractivity contribution < 1.29 is 14.7 Å². The van der Waals surface area contributed by atoms with Crippen molar-refractivity contribution in [1.29, 1.82) is 0 Å². The molecule has 0 bridgehead atoms. The highest BCUT2D eigenvalue weighted by atomic mass is 32.2. The van der Waals surface area contributed by atoms with Crippen molar-refractivity contribution in [2.75, 3.05) is 16.9 Å². The van der Waals surface area contributed by atoms with E-state index in [1.54, 1.807) is 0 Å². The Morgan fingerprint density at radius 2 is 2.20 bits per heavy atom. The molecular weight excluding hydrogens is 276 g/mol. The summed E-state index contributed by atoms with van der Waals surface area (Å²) < 4.78 is 0. The van der Waals surface area contributed by atoms with Crippen LogP contribution in [0.15, 0.2) is 24.3 Å². The minimum Gasteiger partial charge on any atom is -0.480 e. The van der Waals surface area contributed by atoms with Gasteiger partial charge in [0.25, 0.3) is 0 Å². The van der Waals surface area contributed by atoms with E-state index in [9.17, 15) is 9.59 Å². The first-order valence-electron chi connectivity index (χ1n) is 6.47. The van der Waals surface area contributed by atoms with Gasteiger partial charge in [-0.15, -0.1) is 11.8 Å². The van der Waals surface area contributed by atoms with Gasteiger partial charge < -0.3 is 15.3 Å². The number of hydrogen-bond donors (Lipinski definition) is 2. The number of thioether (sulfide) groups is 1.